The van der Waals surface area contributed by atoms with Crippen LogP contribution in [0.5, 0.6) is 5.75 Å². The summed E-state index contributed by atoms with van der Waals surface area (Å²) in [4.78, 5) is 10.9. The molecule has 0 amide bonds. The number of allylic oxidation sites excluding steroid dienone is 1. The van der Waals surface area contributed by atoms with Crippen molar-refractivity contribution in [1.29, 1.82) is 0 Å². The molecule has 0 aliphatic carbocycles. The SMILES string of the molecule is Cc1c(CC=Cc2ccccc2)ccc(C(=O)O)c1O. The van der Waals surface area contributed by atoms with E-state index in [1.807, 2.05) is 42.5 Å². The summed E-state index contributed by atoms with van der Waals surface area (Å²) in [5.41, 5.74) is 2.58. The van der Waals surface area contributed by atoms with E-state index >= 15 is 0 Å². The Morgan fingerprint density at radius 1 is 1.15 bits per heavy atom. The van der Waals surface area contributed by atoms with Crippen molar-refractivity contribution in [3.05, 3.63) is 70.8 Å². The Labute approximate surface area is 117 Å². The highest BCUT2D eigenvalue weighted by molar-refractivity contribution is 5.91. The van der Waals surface area contributed by atoms with Crippen LogP contribution in [0, 0.1) is 6.92 Å². The van der Waals surface area contributed by atoms with Gasteiger partial charge in [0.1, 0.15) is 11.3 Å². The quantitative estimate of drug-likeness (QED) is 0.889. The van der Waals surface area contributed by atoms with Gasteiger partial charge in [-0.15, -0.1) is 0 Å². The van der Waals surface area contributed by atoms with Crippen molar-refractivity contribution >= 4 is 12.0 Å². The highest BCUT2D eigenvalue weighted by Crippen LogP contribution is 2.26. The van der Waals surface area contributed by atoms with Gasteiger partial charge in [0, 0.05) is 0 Å². The van der Waals surface area contributed by atoms with Gasteiger partial charge < -0.3 is 10.2 Å². The van der Waals surface area contributed by atoms with Crippen LogP contribution in [-0.4, -0.2) is 16.2 Å². The van der Waals surface area contributed by atoms with Gasteiger partial charge in [0.15, 0.2) is 0 Å². The number of carboxylic acid groups (broad SMARTS) is 1. The lowest BCUT2D eigenvalue weighted by Gasteiger charge is -2.08. The maximum Gasteiger partial charge on any atom is 0.339 e. The fourth-order valence-electron chi connectivity index (χ4n) is 2.02. The number of carbonyl (C=O) groups is 1. The summed E-state index contributed by atoms with van der Waals surface area (Å²) < 4.78 is 0. The first-order valence-corrected chi connectivity index (χ1v) is 6.36. The first-order valence-electron chi connectivity index (χ1n) is 6.36. The van der Waals surface area contributed by atoms with Crippen molar-refractivity contribution in [1.82, 2.24) is 0 Å². The van der Waals surface area contributed by atoms with Gasteiger partial charge in [-0.2, -0.15) is 0 Å². The van der Waals surface area contributed by atoms with Crippen LogP contribution in [-0.2, 0) is 6.42 Å². The largest absolute Gasteiger partial charge is 0.507 e. The smallest absolute Gasteiger partial charge is 0.339 e. The molecule has 0 fully saturated rings. The second-order valence-corrected chi connectivity index (χ2v) is 4.57. The highest BCUT2D eigenvalue weighted by Gasteiger charge is 2.13. The van der Waals surface area contributed by atoms with E-state index < -0.39 is 5.97 Å². The topological polar surface area (TPSA) is 57.5 Å². The number of rotatable bonds is 4. The molecule has 0 atom stereocenters. The minimum absolute atomic E-state index is 0.0571. The van der Waals surface area contributed by atoms with E-state index in [4.69, 9.17) is 5.11 Å². The molecule has 0 bridgehead atoms. The first-order chi connectivity index (χ1) is 9.59. The minimum Gasteiger partial charge on any atom is -0.507 e. The summed E-state index contributed by atoms with van der Waals surface area (Å²) in [5, 5.41) is 18.8. The molecular formula is C17H16O3. The normalized spacial score (nSPS) is 10.8. The molecule has 2 aromatic carbocycles. The Balaban J connectivity index is 2.17. The lowest BCUT2D eigenvalue weighted by molar-refractivity contribution is 0.0693. The van der Waals surface area contributed by atoms with Crippen molar-refractivity contribution in [2.75, 3.05) is 0 Å². The van der Waals surface area contributed by atoms with Gasteiger partial charge in [0.05, 0.1) is 0 Å². The van der Waals surface area contributed by atoms with E-state index in [-0.39, 0.29) is 11.3 Å². The molecule has 2 rings (SSSR count). The Kier molecular flexibility index (Phi) is 4.20. The van der Waals surface area contributed by atoms with E-state index in [1.165, 1.54) is 6.07 Å². The molecule has 0 aromatic heterocycles. The maximum absolute atomic E-state index is 10.9. The zero-order chi connectivity index (χ0) is 14.5. The van der Waals surface area contributed by atoms with Crippen LogP contribution in [0.4, 0.5) is 0 Å². The average molecular weight is 268 g/mol. The predicted molar refractivity (Wildman–Crippen MR) is 79.0 cm³/mol. The van der Waals surface area contributed by atoms with Crippen molar-refractivity contribution in [2.45, 2.75) is 13.3 Å². The summed E-state index contributed by atoms with van der Waals surface area (Å²) >= 11 is 0. The van der Waals surface area contributed by atoms with Crippen molar-refractivity contribution in [3.8, 4) is 5.75 Å². The van der Waals surface area contributed by atoms with Gasteiger partial charge in [0.2, 0.25) is 0 Å². The Hall–Kier alpha value is -2.55. The van der Waals surface area contributed by atoms with Gasteiger partial charge >= 0.3 is 5.97 Å². The molecule has 3 nitrogen and oxygen atoms in total. The predicted octanol–water partition coefficient (Wildman–Crippen LogP) is 3.65. The van der Waals surface area contributed by atoms with E-state index in [2.05, 4.69) is 0 Å². The molecule has 20 heavy (non-hydrogen) atoms. The van der Waals surface area contributed by atoms with Crippen LogP contribution in [0.15, 0.2) is 48.5 Å². The number of aromatic carboxylic acids is 1. The number of phenols is 1. The molecule has 0 spiro atoms. The van der Waals surface area contributed by atoms with E-state index in [1.54, 1.807) is 13.0 Å². The van der Waals surface area contributed by atoms with Crippen molar-refractivity contribution in [2.24, 2.45) is 0 Å². The Morgan fingerprint density at radius 3 is 2.50 bits per heavy atom. The average Bonchev–Trinajstić information content (AvgIpc) is 2.44. The lowest BCUT2D eigenvalue weighted by Crippen LogP contribution is -1.99. The maximum atomic E-state index is 10.9. The van der Waals surface area contributed by atoms with Crippen molar-refractivity contribution < 1.29 is 15.0 Å². The lowest BCUT2D eigenvalue weighted by atomic mass is 10.0. The number of benzene rings is 2. The molecule has 2 N–H and O–H groups in total. The molecule has 102 valence electrons. The molecule has 2 aromatic rings. The van der Waals surface area contributed by atoms with Crippen LogP contribution >= 0.6 is 0 Å². The fraction of sp³-hybridized carbons (Fsp3) is 0.118. The molecule has 0 aliphatic rings. The zero-order valence-electron chi connectivity index (χ0n) is 11.2. The first kappa shape index (κ1) is 13.9. The Morgan fingerprint density at radius 2 is 1.85 bits per heavy atom. The van der Waals surface area contributed by atoms with Crippen LogP contribution in [0.25, 0.3) is 6.08 Å². The summed E-state index contributed by atoms with van der Waals surface area (Å²) in [6.45, 7) is 1.73. The highest BCUT2D eigenvalue weighted by atomic mass is 16.4. The van der Waals surface area contributed by atoms with Gasteiger partial charge in [-0.05, 0) is 36.1 Å². The second-order valence-electron chi connectivity index (χ2n) is 4.57. The monoisotopic (exact) mass is 268 g/mol. The molecule has 0 aliphatic heterocycles. The van der Waals surface area contributed by atoms with Crippen LogP contribution in [0.3, 0.4) is 0 Å². The number of aromatic hydroxyl groups is 1. The summed E-state index contributed by atoms with van der Waals surface area (Å²) in [5.74, 6) is -1.26. The number of hydrogen-bond donors (Lipinski definition) is 2. The summed E-state index contributed by atoms with van der Waals surface area (Å²) in [6.07, 6.45) is 4.65. The third-order valence-corrected chi connectivity index (χ3v) is 3.22. The zero-order valence-corrected chi connectivity index (χ0v) is 11.2. The van der Waals surface area contributed by atoms with Gasteiger partial charge in [-0.3, -0.25) is 0 Å². The standard InChI is InChI=1S/C17H16O3/c1-12-14(10-11-15(16(12)18)17(19)20)9-5-8-13-6-3-2-4-7-13/h2-8,10-11,18H,9H2,1H3,(H,19,20). The molecule has 0 unspecified atom stereocenters. The molecule has 0 heterocycles. The van der Waals surface area contributed by atoms with E-state index in [9.17, 15) is 9.90 Å². The van der Waals surface area contributed by atoms with Gasteiger partial charge in [-0.25, -0.2) is 4.79 Å². The fourth-order valence-corrected chi connectivity index (χ4v) is 2.02. The molecular weight excluding hydrogens is 252 g/mol. The molecule has 0 radical (unpaired) electrons. The third kappa shape index (κ3) is 3.06. The van der Waals surface area contributed by atoms with Crippen LogP contribution in [0.1, 0.15) is 27.0 Å². The summed E-state index contributed by atoms with van der Waals surface area (Å²) in [6, 6.07) is 13.1. The molecule has 0 saturated heterocycles. The second kappa shape index (κ2) is 6.06. The van der Waals surface area contributed by atoms with E-state index in [0.717, 1.165) is 11.1 Å². The van der Waals surface area contributed by atoms with Gasteiger partial charge in [0.25, 0.3) is 0 Å². The van der Waals surface area contributed by atoms with Crippen molar-refractivity contribution in [3.63, 3.8) is 0 Å². The van der Waals surface area contributed by atoms with Crippen LogP contribution in [0.2, 0.25) is 0 Å². The number of hydrogen-bond acceptors (Lipinski definition) is 2. The summed E-state index contributed by atoms with van der Waals surface area (Å²) in [7, 11) is 0. The molecule has 3 heteroatoms. The third-order valence-electron chi connectivity index (χ3n) is 3.22. The van der Waals surface area contributed by atoms with Gasteiger partial charge in [-0.1, -0.05) is 48.6 Å². The molecule has 0 saturated carbocycles. The Bertz CT molecular complexity index is 643. The number of carboxylic acids is 1. The van der Waals surface area contributed by atoms with E-state index in [0.29, 0.717) is 12.0 Å². The van der Waals surface area contributed by atoms with Crippen LogP contribution < -0.4 is 0 Å². The minimum atomic E-state index is -1.11.